The molecule has 0 bridgehead atoms. The molecule has 1 aromatic rings. The number of ether oxygens (including phenoxy) is 3. The lowest BCUT2D eigenvalue weighted by atomic mass is 10.2. The Labute approximate surface area is 112 Å². The molecule has 0 radical (unpaired) electrons. The maximum absolute atomic E-state index is 11.6. The zero-order valence-electron chi connectivity index (χ0n) is 11.1. The third-order valence-corrected chi connectivity index (χ3v) is 2.96. The average Bonchev–Trinajstić information content (AvgIpc) is 2.96. The fraction of sp³-hybridized carbons (Fsp3) is 0.500. The van der Waals surface area contributed by atoms with Gasteiger partial charge in [-0.2, -0.15) is 0 Å². The molecule has 5 heteroatoms. The second-order valence-electron chi connectivity index (χ2n) is 4.41. The predicted molar refractivity (Wildman–Crippen MR) is 70.5 cm³/mol. The fourth-order valence-electron chi connectivity index (χ4n) is 1.92. The molecule has 1 aliphatic rings. The van der Waals surface area contributed by atoms with Crippen LogP contribution in [0.15, 0.2) is 24.3 Å². The number of carbonyl (C=O) groups excluding carboxylic acids is 1. The quantitative estimate of drug-likeness (QED) is 0.844. The largest absolute Gasteiger partial charge is 0.497 e. The number of carbonyl (C=O) groups is 1. The van der Waals surface area contributed by atoms with Gasteiger partial charge in [-0.15, -0.1) is 0 Å². The van der Waals surface area contributed by atoms with Crippen LogP contribution in [-0.2, 0) is 9.53 Å². The number of hydrogen-bond acceptors (Lipinski definition) is 4. The fourth-order valence-corrected chi connectivity index (χ4v) is 1.92. The number of amides is 1. The van der Waals surface area contributed by atoms with Gasteiger partial charge in [0.15, 0.2) is 6.61 Å². The van der Waals surface area contributed by atoms with E-state index in [1.165, 1.54) is 0 Å². The minimum atomic E-state index is -0.140. The van der Waals surface area contributed by atoms with E-state index in [-0.39, 0.29) is 18.6 Å². The lowest BCUT2D eigenvalue weighted by Crippen LogP contribution is -2.35. The summed E-state index contributed by atoms with van der Waals surface area (Å²) in [5.41, 5.74) is 0. The molecule has 1 N–H and O–H groups in total. The number of methoxy groups -OCH3 is 1. The third-order valence-electron chi connectivity index (χ3n) is 2.96. The van der Waals surface area contributed by atoms with E-state index in [1.54, 1.807) is 19.2 Å². The highest BCUT2D eigenvalue weighted by Gasteiger charge is 2.16. The van der Waals surface area contributed by atoms with Crippen molar-refractivity contribution in [3.63, 3.8) is 0 Å². The van der Waals surface area contributed by atoms with Crippen molar-refractivity contribution >= 4 is 5.91 Å². The highest BCUT2D eigenvalue weighted by Crippen LogP contribution is 2.18. The topological polar surface area (TPSA) is 56.8 Å². The monoisotopic (exact) mass is 265 g/mol. The first-order valence-corrected chi connectivity index (χ1v) is 6.43. The maximum atomic E-state index is 11.6. The van der Waals surface area contributed by atoms with Gasteiger partial charge in [-0.05, 0) is 25.0 Å². The van der Waals surface area contributed by atoms with Crippen LogP contribution < -0.4 is 14.8 Å². The van der Waals surface area contributed by atoms with Gasteiger partial charge in [-0.25, -0.2) is 0 Å². The first-order chi connectivity index (χ1) is 9.28. The van der Waals surface area contributed by atoms with Crippen molar-refractivity contribution in [1.82, 2.24) is 5.32 Å². The molecule has 1 atom stereocenters. The molecule has 0 aromatic heterocycles. The Morgan fingerprint density at radius 3 is 3.05 bits per heavy atom. The molecule has 19 heavy (non-hydrogen) atoms. The number of nitrogens with one attached hydrogen (secondary N) is 1. The smallest absolute Gasteiger partial charge is 0.258 e. The van der Waals surface area contributed by atoms with Crippen molar-refractivity contribution in [1.29, 1.82) is 0 Å². The predicted octanol–water partition coefficient (Wildman–Crippen LogP) is 1.37. The molecule has 0 aliphatic carbocycles. The third kappa shape index (κ3) is 4.44. The summed E-state index contributed by atoms with van der Waals surface area (Å²) in [5, 5.41) is 2.80. The molecule has 0 saturated carbocycles. The van der Waals surface area contributed by atoms with Crippen LogP contribution in [0, 0.1) is 0 Å². The van der Waals surface area contributed by atoms with Gasteiger partial charge in [-0.1, -0.05) is 6.07 Å². The molecule has 1 heterocycles. The minimum absolute atomic E-state index is 0.000111. The molecule has 1 saturated heterocycles. The van der Waals surface area contributed by atoms with Crippen LogP contribution in [0.25, 0.3) is 0 Å². The van der Waals surface area contributed by atoms with E-state index in [1.807, 2.05) is 12.1 Å². The van der Waals surface area contributed by atoms with E-state index in [2.05, 4.69) is 5.32 Å². The first-order valence-electron chi connectivity index (χ1n) is 6.43. The summed E-state index contributed by atoms with van der Waals surface area (Å²) in [4.78, 5) is 11.6. The van der Waals surface area contributed by atoms with Crippen molar-refractivity contribution in [2.75, 3.05) is 26.9 Å². The van der Waals surface area contributed by atoms with Gasteiger partial charge in [-0.3, -0.25) is 4.79 Å². The molecule has 104 valence electrons. The van der Waals surface area contributed by atoms with Crippen molar-refractivity contribution in [2.24, 2.45) is 0 Å². The number of rotatable bonds is 6. The summed E-state index contributed by atoms with van der Waals surface area (Å²) in [6, 6.07) is 7.17. The van der Waals surface area contributed by atoms with Crippen LogP contribution >= 0.6 is 0 Å². The van der Waals surface area contributed by atoms with E-state index in [9.17, 15) is 4.79 Å². The Morgan fingerprint density at radius 1 is 1.47 bits per heavy atom. The first kappa shape index (κ1) is 13.7. The summed E-state index contributed by atoms with van der Waals surface area (Å²) in [6.45, 7) is 1.35. The SMILES string of the molecule is COc1cccc(OCC(=O)NC[C@H]2CCCO2)c1. The lowest BCUT2D eigenvalue weighted by molar-refractivity contribution is -0.123. The number of benzene rings is 1. The van der Waals surface area contributed by atoms with Crippen molar-refractivity contribution < 1.29 is 19.0 Å². The molecule has 0 spiro atoms. The van der Waals surface area contributed by atoms with Crippen molar-refractivity contribution in [3.05, 3.63) is 24.3 Å². The average molecular weight is 265 g/mol. The summed E-state index contributed by atoms with van der Waals surface area (Å²) < 4.78 is 15.9. The zero-order valence-corrected chi connectivity index (χ0v) is 11.1. The standard InChI is InChI=1S/C14H19NO4/c1-17-11-4-2-5-12(8-11)19-10-14(16)15-9-13-6-3-7-18-13/h2,4-5,8,13H,3,6-7,9-10H2,1H3,(H,15,16)/t13-/m1/s1. The molecule has 1 aliphatic heterocycles. The molecule has 1 aromatic carbocycles. The lowest BCUT2D eigenvalue weighted by Gasteiger charge is -2.11. The Kier molecular flexibility index (Phi) is 5.03. The van der Waals surface area contributed by atoms with Crippen molar-refractivity contribution in [2.45, 2.75) is 18.9 Å². The maximum Gasteiger partial charge on any atom is 0.258 e. The normalized spacial score (nSPS) is 18.1. The van der Waals surface area contributed by atoms with Crippen LogP contribution in [0.1, 0.15) is 12.8 Å². The summed E-state index contributed by atoms with van der Waals surface area (Å²) in [5.74, 6) is 1.18. The highest BCUT2D eigenvalue weighted by molar-refractivity contribution is 5.77. The molecule has 2 rings (SSSR count). The van der Waals surface area contributed by atoms with Gasteiger partial charge in [0.05, 0.1) is 13.2 Å². The second-order valence-corrected chi connectivity index (χ2v) is 4.41. The van der Waals surface area contributed by atoms with Gasteiger partial charge in [0, 0.05) is 19.2 Å². The van der Waals surface area contributed by atoms with Crippen LogP contribution in [0.5, 0.6) is 11.5 Å². The van der Waals surface area contributed by atoms with Gasteiger partial charge in [0.1, 0.15) is 11.5 Å². The Hall–Kier alpha value is -1.75. The second kappa shape index (κ2) is 6.99. The molecule has 1 amide bonds. The Morgan fingerprint density at radius 2 is 2.32 bits per heavy atom. The van der Waals surface area contributed by atoms with E-state index in [0.717, 1.165) is 19.4 Å². The zero-order chi connectivity index (χ0) is 13.5. The van der Waals surface area contributed by atoms with E-state index >= 15 is 0 Å². The van der Waals surface area contributed by atoms with E-state index < -0.39 is 0 Å². The van der Waals surface area contributed by atoms with E-state index in [0.29, 0.717) is 18.0 Å². The van der Waals surface area contributed by atoms with Crippen LogP contribution in [-0.4, -0.2) is 38.9 Å². The number of hydrogen-bond donors (Lipinski definition) is 1. The summed E-state index contributed by atoms with van der Waals surface area (Å²) in [6.07, 6.45) is 2.23. The highest BCUT2D eigenvalue weighted by atomic mass is 16.5. The molecular formula is C14H19NO4. The molecular weight excluding hydrogens is 246 g/mol. The van der Waals surface area contributed by atoms with Gasteiger partial charge >= 0.3 is 0 Å². The Bertz CT molecular complexity index is 416. The molecule has 5 nitrogen and oxygen atoms in total. The summed E-state index contributed by atoms with van der Waals surface area (Å²) >= 11 is 0. The molecule has 1 fully saturated rings. The van der Waals surface area contributed by atoms with Crippen molar-refractivity contribution in [3.8, 4) is 11.5 Å². The van der Waals surface area contributed by atoms with Crippen LogP contribution in [0.2, 0.25) is 0 Å². The van der Waals surface area contributed by atoms with Crippen LogP contribution in [0.4, 0.5) is 0 Å². The summed E-state index contributed by atoms with van der Waals surface area (Å²) in [7, 11) is 1.59. The Balaban J connectivity index is 1.70. The van der Waals surface area contributed by atoms with Gasteiger partial charge in [0.2, 0.25) is 0 Å². The molecule has 0 unspecified atom stereocenters. The van der Waals surface area contributed by atoms with E-state index in [4.69, 9.17) is 14.2 Å². The van der Waals surface area contributed by atoms with Crippen LogP contribution in [0.3, 0.4) is 0 Å². The minimum Gasteiger partial charge on any atom is -0.497 e. The van der Waals surface area contributed by atoms with Gasteiger partial charge < -0.3 is 19.5 Å². The van der Waals surface area contributed by atoms with Gasteiger partial charge in [0.25, 0.3) is 5.91 Å².